The molecule has 0 spiro atoms. The molecule has 3 rings (SSSR count). The normalized spacial score (nSPS) is 12.0. The van der Waals surface area contributed by atoms with Crippen LogP contribution in [0.25, 0.3) is 0 Å². The van der Waals surface area contributed by atoms with E-state index in [0.29, 0.717) is 0 Å². The largest absolute Gasteiger partial charge is 0.272 e. The van der Waals surface area contributed by atoms with Crippen molar-refractivity contribution in [3.8, 4) is 5.75 Å². The summed E-state index contributed by atoms with van der Waals surface area (Å²) in [5.74, 6) is 0.947. The van der Waals surface area contributed by atoms with Gasteiger partial charge in [0, 0.05) is 16.9 Å². The van der Waals surface area contributed by atoms with E-state index in [9.17, 15) is 0 Å². The van der Waals surface area contributed by atoms with Crippen LogP contribution in [0, 0.1) is 0 Å². The van der Waals surface area contributed by atoms with Crippen molar-refractivity contribution in [2.24, 2.45) is 0 Å². The number of hydrogen-bond donors (Lipinski definition) is 0. The zero-order valence-corrected chi connectivity index (χ0v) is 3.66. The van der Waals surface area contributed by atoms with Gasteiger partial charge in [0.15, 0.2) is 0 Å². The lowest BCUT2D eigenvalue weighted by Crippen LogP contribution is -2.46. The predicted molar refractivity (Wildman–Crippen MR) is 22.7 cm³/mol. The Hall–Kier alpha value is -1.05. The molecule has 0 atom stereocenters. The molecule has 2 aliphatic rings. The minimum absolute atomic E-state index is 0.947. The van der Waals surface area contributed by atoms with E-state index in [1.165, 1.54) is 0 Å². The second kappa shape index (κ2) is 0.780. The Morgan fingerprint density at radius 1 is 1.57 bits per heavy atom. The molecule has 0 amide bonds. The average molecular weight is 94.1 g/mol. The van der Waals surface area contributed by atoms with Crippen LogP contribution >= 0.6 is 0 Å². The Balaban J connectivity index is 2.78. The summed E-state index contributed by atoms with van der Waals surface area (Å²) in [6.07, 6.45) is 3.77. The van der Waals surface area contributed by atoms with Crippen LogP contribution in [0.1, 0.15) is 0 Å². The summed E-state index contributed by atoms with van der Waals surface area (Å²) in [6.45, 7) is 0. The van der Waals surface area contributed by atoms with Gasteiger partial charge in [0.25, 0.3) is 11.9 Å². The zero-order valence-electron chi connectivity index (χ0n) is 3.66. The monoisotopic (exact) mass is 94.0 g/mol. The maximum atomic E-state index is 4.93. The van der Waals surface area contributed by atoms with Crippen LogP contribution in [0.2, 0.25) is 0 Å². The highest BCUT2D eigenvalue weighted by Gasteiger charge is 2.16. The third-order valence-electron chi connectivity index (χ3n) is 0.959. The minimum atomic E-state index is 0.947. The molecule has 2 bridgehead atoms. The maximum Gasteiger partial charge on any atom is 0.272 e. The minimum Gasteiger partial charge on any atom is -0.225 e. The first-order chi connectivity index (χ1) is 3.45. The molecule has 2 nitrogen and oxygen atoms in total. The van der Waals surface area contributed by atoms with Gasteiger partial charge >= 0.3 is 0 Å². The summed E-state index contributed by atoms with van der Waals surface area (Å²) < 4.78 is 1.66. The fourth-order valence-electron chi connectivity index (χ4n) is 0.618. The molecule has 2 heteroatoms. The molecule has 2 aliphatic heterocycles. The number of pyridine rings is 1. The van der Waals surface area contributed by atoms with Crippen LogP contribution < -0.4 is 9.57 Å². The molecule has 0 aromatic carbocycles. The Bertz CT molecular complexity index is 172. The zero-order chi connectivity index (χ0) is 4.69. The lowest BCUT2D eigenvalue weighted by Gasteiger charge is -2.01. The standard InChI is InChI=1S/C5H4NO/c1-2-5-4-6(3-1)7-5/h1-4H/q+1. The van der Waals surface area contributed by atoms with Crippen molar-refractivity contribution in [2.75, 3.05) is 0 Å². The first-order valence-electron chi connectivity index (χ1n) is 2.15. The topological polar surface area (TPSA) is 13.1 Å². The van der Waals surface area contributed by atoms with E-state index < -0.39 is 0 Å². The first-order valence-corrected chi connectivity index (χ1v) is 2.15. The molecule has 0 unspecified atom stereocenters. The van der Waals surface area contributed by atoms with Crippen LogP contribution in [0.15, 0.2) is 24.5 Å². The van der Waals surface area contributed by atoms with Crippen LogP contribution in [0.3, 0.4) is 0 Å². The molecule has 0 fully saturated rings. The van der Waals surface area contributed by atoms with Crippen LogP contribution in [-0.4, -0.2) is 0 Å². The fourth-order valence-corrected chi connectivity index (χ4v) is 0.618. The molecular formula is C5H4NO+. The van der Waals surface area contributed by atoms with Gasteiger partial charge in [0.05, 0.1) is 0 Å². The maximum absolute atomic E-state index is 4.93. The lowest BCUT2D eigenvalue weighted by atomic mass is 10.4. The first kappa shape index (κ1) is 3.02. The van der Waals surface area contributed by atoms with E-state index in [1.807, 2.05) is 24.5 Å². The highest BCUT2D eigenvalue weighted by atomic mass is 16.7. The number of fused-ring (bicyclic) bond motifs is 2. The van der Waals surface area contributed by atoms with Gasteiger partial charge in [-0.1, -0.05) is 0 Å². The molecule has 34 valence electrons. The molecule has 1 aromatic rings. The predicted octanol–water partition coefficient (Wildman–Crippen LogP) is 0.130. The Kier molecular flexibility index (Phi) is 0.336. The van der Waals surface area contributed by atoms with Gasteiger partial charge in [-0.05, 0) is 0 Å². The van der Waals surface area contributed by atoms with Gasteiger partial charge < -0.3 is 0 Å². The van der Waals surface area contributed by atoms with Crippen molar-refractivity contribution in [3.63, 3.8) is 0 Å². The Morgan fingerprint density at radius 2 is 2.43 bits per heavy atom. The molecule has 0 aliphatic carbocycles. The molecule has 0 saturated heterocycles. The van der Waals surface area contributed by atoms with E-state index in [4.69, 9.17) is 4.84 Å². The summed E-state index contributed by atoms with van der Waals surface area (Å²) >= 11 is 0. The Morgan fingerprint density at radius 3 is 2.57 bits per heavy atom. The molecule has 3 heterocycles. The third kappa shape index (κ3) is 0.257. The molecule has 0 saturated carbocycles. The van der Waals surface area contributed by atoms with Crippen molar-refractivity contribution in [1.82, 2.24) is 0 Å². The van der Waals surface area contributed by atoms with Gasteiger partial charge in [-0.3, -0.25) is 0 Å². The second-order valence-corrected chi connectivity index (χ2v) is 1.49. The summed E-state index contributed by atoms with van der Waals surface area (Å²) in [5, 5.41) is 0. The van der Waals surface area contributed by atoms with E-state index in [-0.39, 0.29) is 0 Å². The molecular weight excluding hydrogens is 90.1 g/mol. The number of rotatable bonds is 0. The van der Waals surface area contributed by atoms with E-state index in [2.05, 4.69) is 0 Å². The van der Waals surface area contributed by atoms with Crippen LogP contribution in [0.5, 0.6) is 5.75 Å². The van der Waals surface area contributed by atoms with Crippen molar-refractivity contribution in [3.05, 3.63) is 24.5 Å². The van der Waals surface area contributed by atoms with Gasteiger partial charge in [-0.15, -0.1) is 0 Å². The van der Waals surface area contributed by atoms with Gasteiger partial charge in [0.2, 0.25) is 6.20 Å². The summed E-state index contributed by atoms with van der Waals surface area (Å²) in [6, 6.07) is 3.86. The van der Waals surface area contributed by atoms with Gasteiger partial charge in [-0.2, -0.15) is 0 Å². The second-order valence-electron chi connectivity index (χ2n) is 1.49. The lowest BCUT2D eigenvalue weighted by molar-refractivity contribution is -0.903. The number of aromatic nitrogens is 1. The van der Waals surface area contributed by atoms with Gasteiger partial charge in [0.1, 0.15) is 0 Å². The van der Waals surface area contributed by atoms with Crippen LogP contribution in [0.4, 0.5) is 0 Å². The molecule has 7 heavy (non-hydrogen) atoms. The quantitative estimate of drug-likeness (QED) is 0.423. The fraction of sp³-hybridized carbons (Fsp3) is 0. The number of nitrogens with zero attached hydrogens (tertiary/aromatic N) is 1. The third-order valence-corrected chi connectivity index (χ3v) is 0.959. The van der Waals surface area contributed by atoms with Gasteiger partial charge in [-0.25, -0.2) is 4.84 Å². The Labute approximate surface area is 40.9 Å². The highest BCUT2D eigenvalue weighted by Crippen LogP contribution is 2.09. The van der Waals surface area contributed by atoms with E-state index in [1.54, 1.807) is 4.73 Å². The summed E-state index contributed by atoms with van der Waals surface area (Å²) in [4.78, 5) is 4.93. The smallest absolute Gasteiger partial charge is 0.225 e. The van der Waals surface area contributed by atoms with Crippen LogP contribution in [-0.2, 0) is 0 Å². The average Bonchev–Trinajstić information content (AvgIpc) is 1.67. The summed E-state index contributed by atoms with van der Waals surface area (Å²) in [5.41, 5.74) is 0. The SMILES string of the molecule is c1cc2c[n+](c1)O2. The molecule has 0 radical (unpaired) electrons. The molecule has 1 aromatic heterocycles. The van der Waals surface area contributed by atoms with Crippen molar-refractivity contribution in [2.45, 2.75) is 0 Å². The van der Waals surface area contributed by atoms with E-state index in [0.717, 1.165) is 5.75 Å². The highest BCUT2D eigenvalue weighted by molar-refractivity contribution is 5.14. The van der Waals surface area contributed by atoms with Crippen molar-refractivity contribution < 1.29 is 9.57 Å². The van der Waals surface area contributed by atoms with Crippen molar-refractivity contribution in [1.29, 1.82) is 0 Å². The van der Waals surface area contributed by atoms with E-state index >= 15 is 0 Å². The van der Waals surface area contributed by atoms with Crippen molar-refractivity contribution >= 4 is 0 Å². The molecule has 0 N–H and O–H groups in total. The number of hydrogen-bond acceptors (Lipinski definition) is 1. The summed E-state index contributed by atoms with van der Waals surface area (Å²) in [7, 11) is 0.